The molecule has 0 atom stereocenters. The van der Waals surface area contributed by atoms with Gasteiger partial charge < -0.3 is 9.84 Å². The van der Waals surface area contributed by atoms with E-state index in [1.165, 1.54) is 4.57 Å². The number of hydrogen-bond acceptors (Lipinski definition) is 5. The second-order valence-corrected chi connectivity index (χ2v) is 3.02. The Kier molecular flexibility index (Phi) is 3.43. The van der Waals surface area contributed by atoms with Crippen molar-refractivity contribution in [3.8, 4) is 5.75 Å². The van der Waals surface area contributed by atoms with Gasteiger partial charge in [-0.3, -0.25) is 14.2 Å². The number of ether oxygens (including phenoxy) is 1. The molecular formula is C9H12N2O4. The smallest absolute Gasteiger partial charge is 0.296 e. The Labute approximate surface area is 86.1 Å². The first-order valence-corrected chi connectivity index (χ1v) is 4.40. The molecule has 6 heteroatoms. The predicted molar refractivity (Wildman–Crippen MR) is 51.7 cm³/mol. The molecular weight excluding hydrogens is 200 g/mol. The van der Waals surface area contributed by atoms with Gasteiger partial charge in [0.05, 0.1) is 12.2 Å². The zero-order chi connectivity index (χ0) is 11.4. The van der Waals surface area contributed by atoms with Crippen LogP contribution >= 0.6 is 0 Å². The van der Waals surface area contributed by atoms with Gasteiger partial charge in [-0.25, -0.2) is 4.98 Å². The standard InChI is InChI=1S/C9H12N2O4/c1-6-8(13)9(14)11(7(2)10-6)3-4-15-5-12/h5,13H,3-4H2,1-2H3. The van der Waals surface area contributed by atoms with Crippen LogP contribution in [0.5, 0.6) is 5.75 Å². The molecule has 0 radical (unpaired) electrons. The van der Waals surface area contributed by atoms with Gasteiger partial charge in [0.1, 0.15) is 12.4 Å². The lowest BCUT2D eigenvalue weighted by Crippen LogP contribution is -2.26. The maximum atomic E-state index is 11.5. The summed E-state index contributed by atoms with van der Waals surface area (Å²) < 4.78 is 5.72. The van der Waals surface area contributed by atoms with Gasteiger partial charge in [0.2, 0.25) is 5.75 Å². The molecule has 0 bridgehead atoms. The number of carbonyl (C=O) groups excluding carboxylic acids is 1. The van der Waals surface area contributed by atoms with Gasteiger partial charge in [-0.1, -0.05) is 0 Å². The molecule has 6 nitrogen and oxygen atoms in total. The number of aromatic hydroxyl groups is 1. The van der Waals surface area contributed by atoms with Crippen molar-refractivity contribution in [3.05, 3.63) is 21.9 Å². The molecule has 15 heavy (non-hydrogen) atoms. The van der Waals surface area contributed by atoms with Gasteiger partial charge in [-0.15, -0.1) is 0 Å². The summed E-state index contributed by atoms with van der Waals surface area (Å²) in [6, 6.07) is 0. The lowest BCUT2D eigenvalue weighted by atomic mass is 10.4. The van der Waals surface area contributed by atoms with Crippen LogP contribution in [-0.4, -0.2) is 27.7 Å². The number of hydrogen-bond donors (Lipinski definition) is 1. The first-order chi connectivity index (χ1) is 7.07. The second-order valence-electron chi connectivity index (χ2n) is 3.02. The number of rotatable bonds is 4. The molecule has 0 spiro atoms. The predicted octanol–water partition coefficient (Wildman–Crippen LogP) is -0.261. The van der Waals surface area contributed by atoms with Crippen LogP contribution in [-0.2, 0) is 16.1 Å². The van der Waals surface area contributed by atoms with Crippen molar-refractivity contribution in [3.63, 3.8) is 0 Å². The highest BCUT2D eigenvalue weighted by atomic mass is 16.5. The molecule has 0 fully saturated rings. The summed E-state index contributed by atoms with van der Waals surface area (Å²) >= 11 is 0. The normalized spacial score (nSPS) is 10.0. The Hall–Kier alpha value is -1.85. The first kappa shape index (κ1) is 11.2. The number of aromatic nitrogens is 2. The average Bonchev–Trinajstić information content (AvgIpc) is 2.20. The Balaban J connectivity index is 3.02. The van der Waals surface area contributed by atoms with Crippen molar-refractivity contribution in [2.24, 2.45) is 0 Å². The molecule has 0 unspecified atom stereocenters. The zero-order valence-electron chi connectivity index (χ0n) is 8.56. The number of nitrogens with zero attached hydrogens (tertiary/aromatic N) is 2. The van der Waals surface area contributed by atoms with E-state index in [1.54, 1.807) is 13.8 Å². The molecule has 0 aliphatic carbocycles. The van der Waals surface area contributed by atoms with Crippen molar-refractivity contribution in [1.29, 1.82) is 0 Å². The van der Waals surface area contributed by atoms with Gasteiger partial charge in [-0.05, 0) is 13.8 Å². The molecule has 0 saturated heterocycles. The van der Waals surface area contributed by atoms with E-state index < -0.39 is 5.56 Å². The maximum absolute atomic E-state index is 11.5. The summed E-state index contributed by atoms with van der Waals surface area (Å²) in [6.45, 7) is 3.77. The molecule has 1 rings (SSSR count). The second kappa shape index (κ2) is 4.59. The van der Waals surface area contributed by atoms with Crippen molar-refractivity contribution < 1.29 is 14.6 Å². The zero-order valence-corrected chi connectivity index (χ0v) is 8.56. The van der Waals surface area contributed by atoms with Crippen molar-refractivity contribution in [1.82, 2.24) is 9.55 Å². The average molecular weight is 212 g/mol. The Bertz CT molecular complexity index is 425. The van der Waals surface area contributed by atoms with Crippen LogP contribution in [0.15, 0.2) is 4.79 Å². The SMILES string of the molecule is Cc1nc(C)n(CCOC=O)c(=O)c1O. The van der Waals surface area contributed by atoms with E-state index in [9.17, 15) is 14.7 Å². The topological polar surface area (TPSA) is 81.4 Å². The maximum Gasteiger partial charge on any atom is 0.296 e. The van der Waals surface area contributed by atoms with Crippen molar-refractivity contribution in [2.75, 3.05) is 6.61 Å². The summed E-state index contributed by atoms with van der Waals surface area (Å²) in [5.41, 5.74) is -0.223. The van der Waals surface area contributed by atoms with E-state index in [-0.39, 0.29) is 18.9 Å². The molecule has 0 saturated carbocycles. The van der Waals surface area contributed by atoms with Gasteiger partial charge in [0, 0.05) is 0 Å². The van der Waals surface area contributed by atoms with Crippen molar-refractivity contribution >= 4 is 6.47 Å². The minimum atomic E-state index is -0.519. The van der Waals surface area contributed by atoms with E-state index in [0.717, 1.165) is 0 Å². The largest absolute Gasteiger partial charge is 0.502 e. The molecule has 82 valence electrons. The summed E-state index contributed by atoms with van der Waals surface area (Å²) in [5, 5.41) is 9.36. The van der Waals surface area contributed by atoms with E-state index in [1.807, 2.05) is 0 Å². The van der Waals surface area contributed by atoms with E-state index >= 15 is 0 Å². The Morgan fingerprint density at radius 1 is 1.53 bits per heavy atom. The van der Waals surface area contributed by atoms with Crippen LogP contribution in [0.25, 0.3) is 0 Å². The van der Waals surface area contributed by atoms with Crippen LogP contribution in [0, 0.1) is 13.8 Å². The highest BCUT2D eigenvalue weighted by Crippen LogP contribution is 2.06. The Morgan fingerprint density at radius 2 is 2.20 bits per heavy atom. The van der Waals surface area contributed by atoms with Gasteiger partial charge in [0.25, 0.3) is 12.0 Å². The molecule has 0 aliphatic rings. The first-order valence-electron chi connectivity index (χ1n) is 4.40. The highest BCUT2D eigenvalue weighted by Gasteiger charge is 2.09. The summed E-state index contributed by atoms with van der Waals surface area (Å²) in [6.07, 6.45) is 0. The fraction of sp³-hybridized carbons (Fsp3) is 0.444. The van der Waals surface area contributed by atoms with E-state index in [0.29, 0.717) is 18.0 Å². The molecule has 0 aromatic carbocycles. The highest BCUT2D eigenvalue weighted by molar-refractivity contribution is 5.36. The number of aryl methyl sites for hydroxylation is 2. The summed E-state index contributed by atoms with van der Waals surface area (Å²) in [5.74, 6) is 0.108. The molecule has 1 N–H and O–H groups in total. The van der Waals surface area contributed by atoms with Crippen LogP contribution in [0.1, 0.15) is 11.5 Å². The summed E-state index contributed by atoms with van der Waals surface area (Å²) in [7, 11) is 0. The third kappa shape index (κ3) is 2.34. The summed E-state index contributed by atoms with van der Waals surface area (Å²) in [4.78, 5) is 25.4. The van der Waals surface area contributed by atoms with Crippen LogP contribution in [0.2, 0.25) is 0 Å². The van der Waals surface area contributed by atoms with Crippen molar-refractivity contribution in [2.45, 2.75) is 20.4 Å². The van der Waals surface area contributed by atoms with Gasteiger partial charge >= 0.3 is 0 Å². The molecule has 1 aromatic heterocycles. The van der Waals surface area contributed by atoms with Gasteiger partial charge in [0.15, 0.2) is 0 Å². The minimum absolute atomic E-state index is 0.0778. The van der Waals surface area contributed by atoms with Crippen LogP contribution in [0.4, 0.5) is 0 Å². The van der Waals surface area contributed by atoms with E-state index in [4.69, 9.17) is 0 Å². The fourth-order valence-corrected chi connectivity index (χ4v) is 1.24. The van der Waals surface area contributed by atoms with Crippen LogP contribution in [0.3, 0.4) is 0 Å². The molecule has 1 aromatic rings. The Morgan fingerprint density at radius 3 is 2.80 bits per heavy atom. The third-order valence-corrected chi connectivity index (χ3v) is 2.01. The van der Waals surface area contributed by atoms with E-state index in [2.05, 4.69) is 9.72 Å². The quantitative estimate of drug-likeness (QED) is 0.549. The lowest BCUT2D eigenvalue weighted by Gasteiger charge is -2.09. The van der Waals surface area contributed by atoms with Gasteiger partial charge in [-0.2, -0.15) is 0 Å². The third-order valence-electron chi connectivity index (χ3n) is 2.01. The number of carbonyl (C=O) groups is 1. The molecule has 0 amide bonds. The van der Waals surface area contributed by atoms with Crippen LogP contribution < -0.4 is 5.56 Å². The molecule has 1 heterocycles. The monoisotopic (exact) mass is 212 g/mol. The lowest BCUT2D eigenvalue weighted by molar-refractivity contribution is -0.128. The minimum Gasteiger partial charge on any atom is -0.502 e. The fourth-order valence-electron chi connectivity index (χ4n) is 1.24. The molecule has 0 aliphatic heterocycles.